The first kappa shape index (κ1) is 21.0. The predicted molar refractivity (Wildman–Crippen MR) is 120 cm³/mol. The van der Waals surface area contributed by atoms with Gasteiger partial charge < -0.3 is 14.7 Å². The van der Waals surface area contributed by atoms with Gasteiger partial charge in [0.2, 0.25) is 0 Å². The fourth-order valence-corrected chi connectivity index (χ4v) is 4.21. The molecule has 1 unspecified atom stereocenters. The van der Waals surface area contributed by atoms with Gasteiger partial charge in [0.15, 0.2) is 5.76 Å². The average molecular weight is 436 g/mol. The van der Waals surface area contributed by atoms with E-state index < -0.39 is 11.9 Å². The van der Waals surface area contributed by atoms with E-state index in [9.17, 15) is 14.3 Å². The zero-order valence-corrected chi connectivity index (χ0v) is 18.0. The van der Waals surface area contributed by atoms with Gasteiger partial charge in [-0.25, -0.2) is 4.39 Å². The number of carbonyl (C=O) groups is 1. The molecule has 0 saturated carbocycles. The average Bonchev–Trinajstić information content (AvgIpc) is 3.05. The molecule has 0 saturated heterocycles. The second-order valence-electron chi connectivity index (χ2n) is 7.23. The van der Waals surface area contributed by atoms with Crippen molar-refractivity contribution in [1.29, 1.82) is 0 Å². The number of aliphatic hydroxyl groups excluding tert-OH is 1. The molecule has 1 amide bonds. The molecule has 1 aliphatic rings. The Labute approximate surface area is 185 Å². The van der Waals surface area contributed by atoms with E-state index in [0.717, 1.165) is 16.0 Å². The molecule has 0 radical (unpaired) electrons. The Bertz CT molecular complexity index is 1110. The first-order chi connectivity index (χ1) is 15.0. The lowest BCUT2D eigenvalue weighted by Gasteiger charge is -2.27. The first-order valence-corrected chi connectivity index (χ1v) is 11.0. The van der Waals surface area contributed by atoms with Crippen LogP contribution < -0.4 is 4.74 Å². The van der Waals surface area contributed by atoms with E-state index >= 15 is 0 Å². The third kappa shape index (κ3) is 4.16. The molecule has 3 aromatic rings. The summed E-state index contributed by atoms with van der Waals surface area (Å²) in [5, 5.41) is 10.8. The SMILES string of the molecule is COc1ccc(C2=C(O)C(=O)N(Cc3ccc(SC)cc3)C2c2ccc(F)cc2)cc1. The van der Waals surface area contributed by atoms with E-state index in [1.54, 1.807) is 48.0 Å². The van der Waals surface area contributed by atoms with Gasteiger partial charge in [-0.2, -0.15) is 0 Å². The first-order valence-electron chi connectivity index (χ1n) is 9.78. The van der Waals surface area contributed by atoms with E-state index in [0.29, 0.717) is 23.4 Å². The number of benzene rings is 3. The quantitative estimate of drug-likeness (QED) is 0.512. The summed E-state index contributed by atoms with van der Waals surface area (Å²) in [6.07, 6.45) is 2.01. The summed E-state index contributed by atoms with van der Waals surface area (Å²) in [5.74, 6) is -0.418. The Hall–Kier alpha value is -3.25. The van der Waals surface area contributed by atoms with Gasteiger partial charge in [0.25, 0.3) is 5.91 Å². The smallest absolute Gasteiger partial charge is 0.290 e. The number of nitrogens with zero attached hydrogens (tertiary/aromatic N) is 1. The van der Waals surface area contributed by atoms with Crippen LogP contribution in [0.15, 0.2) is 83.5 Å². The van der Waals surface area contributed by atoms with Crippen LogP contribution in [0.3, 0.4) is 0 Å². The highest BCUT2D eigenvalue weighted by Gasteiger charge is 2.41. The Morgan fingerprint density at radius 3 is 2.23 bits per heavy atom. The third-order valence-electron chi connectivity index (χ3n) is 5.40. The molecule has 3 aromatic carbocycles. The van der Waals surface area contributed by atoms with Crippen LogP contribution in [0.5, 0.6) is 5.75 Å². The van der Waals surface area contributed by atoms with Crippen LogP contribution in [-0.2, 0) is 11.3 Å². The van der Waals surface area contributed by atoms with Crippen molar-refractivity contribution in [3.8, 4) is 5.75 Å². The molecule has 31 heavy (non-hydrogen) atoms. The summed E-state index contributed by atoms with van der Waals surface area (Å²) in [4.78, 5) is 15.9. The van der Waals surface area contributed by atoms with Crippen LogP contribution in [0.25, 0.3) is 5.57 Å². The van der Waals surface area contributed by atoms with Crippen LogP contribution in [0, 0.1) is 5.82 Å². The number of hydrogen-bond donors (Lipinski definition) is 1. The molecule has 0 bridgehead atoms. The number of methoxy groups -OCH3 is 1. The van der Waals surface area contributed by atoms with Gasteiger partial charge in [-0.3, -0.25) is 4.79 Å². The van der Waals surface area contributed by atoms with E-state index in [1.165, 1.54) is 12.1 Å². The lowest BCUT2D eigenvalue weighted by Crippen LogP contribution is -2.29. The minimum absolute atomic E-state index is 0.291. The van der Waals surface area contributed by atoms with Gasteiger partial charge in [-0.1, -0.05) is 36.4 Å². The molecule has 0 fully saturated rings. The number of halogens is 1. The van der Waals surface area contributed by atoms with Gasteiger partial charge in [0, 0.05) is 17.0 Å². The van der Waals surface area contributed by atoms with Crippen molar-refractivity contribution in [3.63, 3.8) is 0 Å². The van der Waals surface area contributed by atoms with Crippen LogP contribution >= 0.6 is 11.8 Å². The molecule has 1 atom stereocenters. The molecule has 1 N–H and O–H groups in total. The summed E-state index contributed by atoms with van der Waals surface area (Å²) in [7, 11) is 1.58. The number of thioether (sulfide) groups is 1. The molecule has 0 aromatic heterocycles. The molecule has 4 nitrogen and oxygen atoms in total. The second-order valence-corrected chi connectivity index (χ2v) is 8.11. The number of ether oxygens (including phenoxy) is 1. The van der Waals surface area contributed by atoms with Crippen LogP contribution in [-0.4, -0.2) is 29.3 Å². The minimum atomic E-state index is -0.540. The van der Waals surface area contributed by atoms with Crippen molar-refractivity contribution in [1.82, 2.24) is 4.90 Å². The van der Waals surface area contributed by atoms with Crippen LogP contribution in [0.2, 0.25) is 0 Å². The van der Waals surface area contributed by atoms with Crippen molar-refractivity contribution in [3.05, 3.63) is 101 Å². The highest BCUT2D eigenvalue weighted by Crippen LogP contribution is 2.44. The number of rotatable bonds is 6. The fraction of sp³-hybridized carbons (Fsp3) is 0.160. The highest BCUT2D eigenvalue weighted by atomic mass is 32.2. The van der Waals surface area contributed by atoms with Crippen molar-refractivity contribution in [2.75, 3.05) is 13.4 Å². The third-order valence-corrected chi connectivity index (χ3v) is 6.15. The maximum Gasteiger partial charge on any atom is 0.290 e. The Morgan fingerprint density at radius 2 is 1.65 bits per heavy atom. The molecule has 158 valence electrons. The number of carbonyl (C=O) groups excluding carboxylic acids is 1. The summed E-state index contributed by atoms with van der Waals surface area (Å²) < 4.78 is 18.8. The number of amides is 1. The van der Waals surface area contributed by atoms with E-state index in [4.69, 9.17) is 4.74 Å². The van der Waals surface area contributed by atoms with E-state index in [1.807, 2.05) is 42.7 Å². The summed E-state index contributed by atoms with van der Waals surface area (Å²) in [5.41, 5.74) is 2.88. The predicted octanol–water partition coefficient (Wildman–Crippen LogP) is 5.61. The maximum atomic E-state index is 13.6. The van der Waals surface area contributed by atoms with E-state index in [-0.39, 0.29) is 11.6 Å². The van der Waals surface area contributed by atoms with Gasteiger partial charge in [-0.05, 0) is 59.3 Å². The van der Waals surface area contributed by atoms with Gasteiger partial charge in [-0.15, -0.1) is 11.8 Å². The number of hydrogen-bond acceptors (Lipinski definition) is 4. The normalized spacial score (nSPS) is 16.2. The monoisotopic (exact) mass is 435 g/mol. The summed E-state index contributed by atoms with van der Waals surface area (Å²) in [6.45, 7) is 0.319. The Morgan fingerprint density at radius 1 is 1.00 bits per heavy atom. The maximum absolute atomic E-state index is 13.6. The summed E-state index contributed by atoms with van der Waals surface area (Å²) in [6, 6.07) is 20.6. The molecular weight excluding hydrogens is 413 g/mol. The zero-order chi connectivity index (χ0) is 22.0. The van der Waals surface area contributed by atoms with Gasteiger partial charge in [0.05, 0.1) is 13.2 Å². The van der Waals surface area contributed by atoms with Gasteiger partial charge >= 0.3 is 0 Å². The molecule has 0 aliphatic carbocycles. The van der Waals surface area contributed by atoms with Crippen molar-refractivity contribution in [2.24, 2.45) is 0 Å². The molecule has 6 heteroatoms. The molecule has 4 rings (SSSR count). The Kier molecular flexibility index (Phi) is 6.00. The Balaban J connectivity index is 1.76. The van der Waals surface area contributed by atoms with E-state index in [2.05, 4.69) is 0 Å². The minimum Gasteiger partial charge on any atom is -0.503 e. The zero-order valence-electron chi connectivity index (χ0n) is 17.2. The highest BCUT2D eigenvalue weighted by molar-refractivity contribution is 7.98. The molecule has 1 heterocycles. The van der Waals surface area contributed by atoms with Crippen molar-refractivity contribution < 1.29 is 19.0 Å². The standard InChI is InChI=1S/C25H22FNO3S/c1-30-20-11-7-17(8-12-20)22-23(18-5-9-19(26)10-6-18)27(25(29)24(22)28)15-16-3-13-21(31-2)14-4-16/h3-14,23,28H,15H2,1-2H3. The summed E-state index contributed by atoms with van der Waals surface area (Å²) >= 11 is 1.65. The molecule has 1 aliphatic heterocycles. The molecule has 0 spiro atoms. The van der Waals surface area contributed by atoms with Crippen molar-refractivity contribution in [2.45, 2.75) is 17.5 Å². The lowest BCUT2D eigenvalue weighted by atomic mass is 9.93. The fourth-order valence-electron chi connectivity index (χ4n) is 3.80. The van der Waals surface area contributed by atoms with Crippen LogP contribution in [0.1, 0.15) is 22.7 Å². The van der Waals surface area contributed by atoms with Crippen LogP contribution in [0.4, 0.5) is 4.39 Å². The topological polar surface area (TPSA) is 49.8 Å². The second kappa shape index (κ2) is 8.86. The number of aliphatic hydroxyl groups is 1. The lowest BCUT2D eigenvalue weighted by molar-refractivity contribution is -0.130. The van der Waals surface area contributed by atoms with Crippen molar-refractivity contribution >= 4 is 23.2 Å². The molecular formula is C25H22FNO3S. The largest absolute Gasteiger partial charge is 0.503 e. The van der Waals surface area contributed by atoms with Gasteiger partial charge in [0.1, 0.15) is 11.6 Å².